The monoisotopic (exact) mass is 314 g/mol. The molecule has 0 amide bonds. The summed E-state index contributed by atoms with van der Waals surface area (Å²) < 4.78 is 40.2. The minimum absolute atomic E-state index is 0.182. The molecule has 5 heteroatoms. The van der Waals surface area contributed by atoms with Gasteiger partial charge in [-0.05, 0) is 48.5 Å². The van der Waals surface area contributed by atoms with Crippen LogP contribution in [0.15, 0.2) is 18.2 Å². The van der Waals surface area contributed by atoms with Crippen LogP contribution < -0.4 is 5.73 Å². The highest BCUT2D eigenvalue weighted by Gasteiger charge is 2.35. The highest BCUT2D eigenvalue weighted by atomic mass is 19.4. The maximum atomic E-state index is 13.4. The van der Waals surface area contributed by atoms with Crippen molar-refractivity contribution in [1.82, 2.24) is 4.90 Å². The molecule has 0 spiro atoms. The Balaban J connectivity index is 2.27. The predicted molar refractivity (Wildman–Crippen MR) is 82.6 cm³/mol. The second-order valence-electron chi connectivity index (χ2n) is 7.23. The molecule has 1 saturated heterocycles. The van der Waals surface area contributed by atoms with Gasteiger partial charge in [-0.1, -0.05) is 32.9 Å². The van der Waals surface area contributed by atoms with Crippen molar-refractivity contribution in [2.24, 2.45) is 5.73 Å². The van der Waals surface area contributed by atoms with Crippen LogP contribution in [0.25, 0.3) is 0 Å². The highest BCUT2D eigenvalue weighted by molar-refractivity contribution is 5.37. The Morgan fingerprint density at radius 2 is 1.73 bits per heavy atom. The number of likely N-dealkylation sites (tertiary alicyclic amines) is 1. The Labute approximate surface area is 130 Å². The zero-order valence-corrected chi connectivity index (χ0v) is 13.5. The molecule has 22 heavy (non-hydrogen) atoms. The van der Waals surface area contributed by atoms with E-state index < -0.39 is 11.7 Å². The van der Waals surface area contributed by atoms with Crippen LogP contribution >= 0.6 is 0 Å². The summed E-state index contributed by atoms with van der Waals surface area (Å²) in [5.74, 6) is 0. The molecule has 2 N–H and O–H groups in total. The van der Waals surface area contributed by atoms with E-state index in [-0.39, 0.29) is 11.5 Å². The Bertz CT molecular complexity index is 510. The van der Waals surface area contributed by atoms with Crippen molar-refractivity contribution in [1.29, 1.82) is 0 Å². The van der Waals surface area contributed by atoms with Crippen LogP contribution in [0.3, 0.4) is 0 Å². The third-order valence-corrected chi connectivity index (χ3v) is 4.31. The summed E-state index contributed by atoms with van der Waals surface area (Å²) in [5.41, 5.74) is 6.12. The van der Waals surface area contributed by atoms with Gasteiger partial charge in [0.25, 0.3) is 0 Å². The van der Waals surface area contributed by atoms with E-state index in [0.717, 1.165) is 25.9 Å². The van der Waals surface area contributed by atoms with Crippen molar-refractivity contribution in [3.8, 4) is 0 Å². The molecule has 0 radical (unpaired) electrons. The first-order valence-electron chi connectivity index (χ1n) is 7.76. The number of nitrogens with zero attached hydrogens (tertiary/aromatic N) is 1. The fraction of sp³-hybridized carbons (Fsp3) is 0.647. The van der Waals surface area contributed by atoms with E-state index in [4.69, 9.17) is 5.73 Å². The first-order valence-corrected chi connectivity index (χ1v) is 7.76. The van der Waals surface area contributed by atoms with Gasteiger partial charge in [0.15, 0.2) is 0 Å². The van der Waals surface area contributed by atoms with Gasteiger partial charge in [-0.25, -0.2) is 0 Å². The molecule has 0 aliphatic carbocycles. The topological polar surface area (TPSA) is 29.3 Å². The fourth-order valence-electron chi connectivity index (χ4n) is 2.80. The molecule has 1 aromatic carbocycles. The molecular weight excluding hydrogens is 289 g/mol. The zero-order chi connectivity index (χ0) is 16.5. The van der Waals surface area contributed by atoms with Crippen LogP contribution in [0.5, 0.6) is 0 Å². The summed E-state index contributed by atoms with van der Waals surface area (Å²) in [6, 6.07) is 4.95. The van der Waals surface area contributed by atoms with Crippen molar-refractivity contribution in [2.45, 2.75) is 57.8 Å². The number of rotatable bonds is 2. The molecule has 2 nitrogen and oxygen atoms in total. The van der Waals surface area contributed by atoms with Gasteiger partial charge in [0, 0.05) is 12.6 Å². The third kappa shape index (κ3) is 4.23. The van der Waals surface area contributed by atoms with Crippen LogP contribution in [0.2, 0.25) is 0 Å². The first kappa shape index (κ1) is 17.3. The predicted octanol–water partition coefficient (Wildman–Crippen LogP) is 3.93. The van der Waals surface area contributed by atoms with Gasteiger partial charge in [0.1, 0.15) is 0 Å². The summed E-state index contributed by atoms with van der Waals surface area (Å²) in [6.07, 6.45) is -2.62. The summed E-state index contributed by atoms with van der Waals surface area (Å²) in [5, 5.41) is 0. The van der Waals surface area contributed by atoms with Crippen molar-refractivity contribution in [3.63, 3.8) is 0 Å². The van der Waals surface area contributed by atoms with Crippen LogP contribution in [-0.2, 0) is 18.1 Å². The minimum Gasteiger partial charge on any atom is -0.328 e. The molecule has 1 fully saturated rings. The zero-order valence-electron chi connectivity index (χ0n) is 13.5. The van der Waals surface area contributed by atoms with Gasteiger partial charge in [-0.2, -0.15) is 13.2 Å². The lowest BCUT2D eigenvalue weighted by molar-refractivity contribution is -0.138. The molecule has 0 unspecified atom stereocenters. The average Bonchev–Trinajstić information content (AvgIpc) is 2.39. The van der Waals surface area contributed by atoms with Crippen LogP contribution in [0.1, 0.15) is 50.3 Å². The molecule has 1 aliphatic heterocycles. The number of hydrogen-bond donors (Lipinski definition) is 1. The summed E-state index contributed by atoms with van der Waals surface area (Å²) in [4.78, 5) is 2.06. The Kier molecular flexibility index (Phi) is 4.87. The standard InChI is InChI=1S/C17H25F3N2/c1-16(2,3)13-5-4-12(15(10-13)17(18,19)20)11-22-8-6-14(21)7-9-22/h4-5,10,14H,6-9,11,21H2,1-3H3. The van der Waals surface area contributed by atoms with E-state index in [1.165, 1.54) is 6.07 Å². The van der Waals surface area contributed by atoms with Crippen molar-refractivity contribution in [2.75, 3.05) is 13.1 Å². The van der Waals surface area contributed by atoms with Crippen molar-refractivity contribution >= 4 is 0 Å². The summed E-state index contributed by atoms with van der Waals surface area (Å²) in [6.45, 7) is 7.64. The lowest BCUT2D eigenvalue weighted by Crippen LogP contribution is -2.39. The lowest BCUT2D eigenvalue weighted by Gasteiger charge is -2.31. The van der Waals surface area contributed by atoms with Gasteiger partial charge in [0.2, 0.25) is 0 Å². The minimum atomic E-state index is -4.32. The highest BCUT2D eigenvalue weighted by Crippen LogP contribution is 2.36. The van der Waals surface area contributed by atoms with E-state index in [1.54, 1.807) is 6.07 Å². The summed E-state index contributed by atoms with van der Waals surface area (Å²) >= 11 is 0. The van der Waals surface area contributed by atoms with Gasteiger partial charge in [-0.15, -0.1) is 0 Å². The molecule has 1 aliphatic rings. The van der Waals surface area contributed by atoms with E-state index in [0.29, 0.717) is 17.7 Å². The van der Waals surface area contributed by atoms with E-state index in [2.05, 4.69) is 4.90 Å². The molecular formula is C17H25F3N2. The van der Waals surface area contributed by atoms with Crippen LogP contribution in [-0.4, -0.2) is 24.0 Å². The van der Waals surface area contributed by atoms with Gasteiger partial charge < -0.3 is 5.73 Å². The first-order chi connectivity index (χ1) is 10.1. The SMILES string of the molecule is CC(C)(C)c1ccc(CN2CCC(N)CC2)c(C(F)(F)F)c1. The lowest BCUT2D eigenvalue weighted by atomic mass is 9.85. The van der Waals surface area contributed by atoms with E-state index >= 15 is 0 Å². The van der Waals surface area contributed by atoms with Crippen LogP contribution in [0.4, 0.5) is 13.2 Å². The second-order valence-corrected chi connectivity index (χ2v) is 7.23. The Morgan fingerprint density at radius 1 is 1.14 bits per heavy atom. The second kappa shape index (κ2) is 6.20. The molecule has 0 bridgehead atoms. The summed E-state index contributed by atoms with van der Waals surface area (Å²) in [7, 11) is 0. The molecule has 1 aromatic rings. The molecule has 0 atom stereocenters. The number of alkyl halides is 3. The molecule has 124 valence electrons. The van der Waals surface area contributed by atoms with Gasteiger partial charge in [-0.3, -0.25) is 4.90 Å². The molecule has 0 aromatic heterocycles. The molecule has 0 saturated carbocycles. The Morgan fingerprint density at radius 3 is 2.23 bits per heavy atom. The average molecular weight is 314 g/mol. The maximum Gasteiger partial charge on any atom is 0.416 e. The quantitative estimate of drug-likeness (QED) is 0.896. The van der Waals surface area contributed by atoms with Crippen LogP contribution in [0, 0.1) is 0 Å². The number of halogens is 3. The van der Waals surface area contributed by atoms with Crippen molar-refractivity contribution < 1.29 is 13.2 Å². The number of hydrogen-bond acceptors (Lipinski definition) is 2. The number of piperidine rings is 1. The van der Waals surface area contributed by atoms with E-state index in [9.17, 15) is 13.2 Å². The normalized spacial score (nSPS) is 18.7. The third-order valence-electron chi connectivity index (χ3n) is 4.31. The largest absolute Gasteiger partial charge is 0.416 e. The van der Waals surface area contributed by atoms with Crippen molar-refractivity contribution in [3.05, 3.63) is 34.9 Å². The number of nitrogens with two attached hydrogens (primary N) is 1. The molecule has 2 rings (SSSR count). The Hall–Kier alpha value is -1.07. The van der Waals surface area contributed by atoms with E-state index in [1.807, 2.05) is 26.8 Å². The maximum absolute atomic E-state index is 13.4. The van der Waals surface area contributed by atoms with Gasteiger partial charge >= 0.3 is 6.18 Å². The smallest absolute Gasteiger partial charge is 0.328 e. The fourth-order valence-corrected chi connectivity index (χ4v) is 2.80. The number of benzene rings is 1. The molecule has 1 heterocycles. The van der Waals surface area contributed by atoms with Gasteiger partial charge in [0.05, 0.1) is 5.56 Å².